The average Bonchev–Trinajstić information content (AvgIpc) is 3.06. The van der Waals surface area contributed by atoms with Crippen molar-refractivity contribution in [1.82, 2.24) is 9.46 Å². The Balaban J connectivity index is 1.91. The number of sulfonamides is 1. The monoisotopic (exact) mass is 310 g/mol. The van der Waals surface area contributed by atoms with Gasteiger partial charge in [-0.05, 0) is 25.0 Å². The molecular formula is C13H14N2O5S. The van der Waals surface area contributed by atoms with E-state index in [-0.39, 0.29) is 12.3 Å². The van der Waals surface area contributed by atoms with Crippen LogP contribution in [-0.4, -0.2) is 41.5 Å². The Labute approximate surface area is 121 Å². The van der Waals surface area contributed by atoms with E-state index in [1.54, 1.807) is 24.3 Å². The van der Waals surface area contributed by atoms with E-state index in [0.717, 1.165) is 4.31 Å². The zero-order valence-electron chi connectivity index (χ0n) is 11.1. The van der Waals surface area contributed by atoms with Crippen LogP contribution in [0.2, 0.25) is 0 Å². The SMILES string of the molecule is O=C(O)[C@H]1CCCN1S(=O)(=O)Cc1noc2ccccc12. The zero-order chi connectivity index (χ0) is 15.0. The number of carbonyl (C=O) groups is 1. The number of para-hydroxylation sites is 1. The molecule has 1 aliphatic rings. The first kappa shape index (κ1) is 14.0. The van der Waals surface area contributed by atoms with Crippen molar-refractivity contribution < 1.29 is 22.8 Å². The highest BCUT2D eigenvalue weighted by atomic mass is 32.2. The fraction of sp³-hybridized carbons (Fsp3) is 0.385. The Morgan fingerprint density at radius 1 is 1.43 bits per heavy atom. The smallest absolute Gasteiger partial charge is 0.322 e. The lowest BCUT2D eigenvalue weighted by Gasteiger charge is -2.20. The molecule has 8 heteroatoms. The number of hydrogen-bond acceptors (Lipinski definition) is 5. The molecule has 1 N–H and O–H groups in total. The minimum Gasteiger partial charge on any atom is -0.480 e. The fourth-order valence-corrected chi connectivity index (χ4v) is 4.33. The normalized spacial score (nSPS) is 20.1. The Bertz CT molecular complexity index is 783. The van der Waals surface area contributed by atoms with Crippen molar-refractivity contribution in [3.05, 3.63) is 30.0 Å². The fourth-order valence-electron chi connectivity index (χ4n) is 2.62. The second kappa shape index (κ2) is 5.12. The maximum absolute atomic E-state index is 12.4. The molecule has 1 atom stereocenters. The third-order valence-electron chi connectivity index (χ3n) is 3.62. The number of rotatable bonds is 4. The van der Waals surface area contributed by atoms with Crippen LogP contribution >= 0.6 is 0 Å². The molecule has 1 aromatic heterocycles. The number of hydrogen-bond donors (Lipinski definition) is 1. The average molecular weight is 310 g/mol. The summed E-state index contributed by atoms with van der Waals surface area (Å²) in [6.45, 7) is 0.231. The van der Waals surface area contributed by atoms with Crippen LogP contribution in [0.4, 0.5) is 0 Å². The van der Waals surface area contributed by atoms with Crippen LogP contribution in [0.1, 0.15) is 18.5 Å². The molecule has 0 amide bonds. The van der Waals surface area contributed by atoms with Crippen molar-refractivity contribution in [1.29, 1.82) is 0 Å². The van der Waals surface area contributed by atoms with Gasteiger partial charge in [0.15, 0.2) is 5.58 Å². The highest BCUT2D eigenvalue weighted by Gasteiger charge is 2.39. The molecule has 21 heavy (non-hydrogen) atoms. The summed E-state index contributed by atoms with van der Waals surface area (Å²) in [5.74, 6) is -1.46. The van der Waals surface area contributed by atoms with E-state index < -0.39 is 22.0 Å². The number of carboxylic acid groups (broad SMARTS) is 1. The van der Waals surface area contributed by atoms with E-state index in [0.29, 0.717) is 29.5 Å². The molecule has 0 saturated carbocycles. The minimum absolute atomic E-state index is 0.231. The van der Waals surface area contributed by atoms with Gasteiger partial charge >= 0.3 is 5.97 Å². The molecule has 2 heterocycles. The predicted molar refractivity (Wildman–Crippen MR) is 74.0 cm³/mol. The molecule has 7 nitrogen and oxygen atoms in total. The number of fused-ring (bicyclic) bond motifs is 1. The number of carboxylic acids is 1. The van der Waals surface area contributed by atoms with Gasteiger partial charge < -0.3 is 9.63 Å². The molecule has 1 aliphatic heterocycles. The Hall–Kier alpha value is -1.93. The summed E-state index contributed by atoms with van der Waals surface area (Å²) < 4.78 is 31.0. The minimum atomic E-state index is -3.74. The Kier molecular flexibility index (Phi) is 3.42. The van der Waals surface area contributed by atoms with Crippen molar-refractivity contribution in [2.45, 2.75) is 24.6 Å². The van der Waals surface area contributed by atoms with Crippen molar-refractivity contribution in [3.63, 3.8) is 0 Å². The maximum Gasteiger partial charge on any atom is 0.322 e. The molecule has 0 radical (unpaired) electrons. The summed E-state index contributed by atoms with van der Waals surface area (Å²) in [5.41, 5.74) is 0.820. The van der Waals surface area contributed by atoms with E-state index in [1.165, 1.54) is 0 Å². The lowest BCUT2D eigenvalue weighted by Crippen LogP contribution is -2.41. The van der Waals surface area contributed by atoms with Crippen LogP contribution in [0, 0.1) is 0 Å². The molecule has 2 aromatic rings. The second-order valence-corrected chi connectivity index (χ2v) is 6.91. The molecule has 0 unspecified atom stereocenters. The molecule has 0 aliphatic carbocycles. The molecule has 1 aromatic carbocycles. The molecule has 0 bridgehead atoms. The Morgan fingerprint density at radius 2 is 2.19 bits per heavy atom. The standard InChI is InChI=1S/C13H14N2O5S/c16-13(17)11-5-3-7-15(11)21(18,19)8-10-9-4-1-2-6-12(9)20-14-10/h1-2,4,6,11H,3,5,7-8H2,(H,16,17)/t11-/m1/s1. The van der Waals surface area contributed by atoms with Crippen molar-refractivity contribution in [2.75, 3.05) is 6.54 Å². The van der Waals surface area contributed by atoms with Gasteiger partial charge in [-0.25, -0.2) is 8.42 Å². The summed E-state index contributed by atoms with van der Waals surface area (Å²) in [4.78, 5) is 11.1. The van der Waals surface area contributed by atoms with Crippen molar-refractivity contribution >= 4 is 27.0 Å². The van der Waals surface area contributed by atoms with Crippen LogP contribution in [0.5, 0.6) is 0 Å². The van der Waals surface area contributed by atoms with Gasteiger partial charge in [0.05, 0.1) is 0 Å². The number of nitrogens with zero attached hydrogens (tertiary/aromatic N) is 2. The van der Waals surface area contributed by atoms with E-state index in [4.69, 9.17) is 9.63 Å². The van der Waals surface area contributed by atoms with Crippen LogP contribution in [0.15, 0.2) is 28.8 Å². The van der Waals surface area contributed by atoms with E-state index in [9.17, 15) is 13.2 Å². The van der Waals surface area contributed by atoms with Crippen LogP contribution in [-0.2, 0) is 20.6 Å². The quantitative estimate of drug-likeness (QED) is 0.911. The highest BCUT2D eigenvalue weighted by Crippen LogP contribution is 2.26. The predicted octanol–water partition coefficient (Wildman–Crippen LogP) is 1.21. The molecule has 1 fully saturated rings. The maximum atomic E-state index is 12.4. The zero-order valence-corrected chi connectivity index (χ0v) is 11.9. The summed E-state index contributed by atoms with van der Waals surface area (Å²) in [5, 5.41) is 13.5. The summed E-state index contributed by atoms with van der Waals surface area (Å²) >= 11 is 0. The lowest BCUT2D eigenvalue weighted by atomic mass is 10.2. The molecule has 112 valence electrons. The lowest BCUT2D eigenvalue weighted by molar-refractivity contribution is -0.140. The third kappa shape index (κ3) is 2.52. The highest BCUT2D eigenvalue weighted by molar-refractivity contribution is 7.88. The van der Waals surface area contributed by atoms with Gasteiger partial charge in [0.25, 0.3) is 0 Å². The van der Waals surface area contributed by atoms with Gasteiger partial charge in [-0.15, -0.1) is 0 Å². The van der Waals surface area contributed by atoms with Gasteiger partial charge in [0.1, 0.15) is 17.5 Å². The van der Waals surface area contributed by atoms with Crippen LogP contribution in [0.3, 0.4) is 0 Å². The van der Waals surface area contributed by atoms with Gasteiger partial charge in [-0.1, -0.05) is 17.3 Å². The molecular weight excluding hydrogens is 296 g/mol. The number of benzene rings is 1. The van der Waals surface area contributed by atoms with Crippen LogP contribution in [0.25, 0.3) is 11.0 Å². The summed E-state index contributed by atoms with van der Waals surface area (Å²) in [6, 6.07) is 6.00. The van der Waals surface area contributed by atoms with Crippen molar-refractivity contribution in [2.24, 2.45) is 0 Å². The molecule has 0 spiro atoms. The van der Waals surface area contributed by atoms with Crippen molar-refractivity contribution in [3.8, 4) is 0 Å². The Morgan fingerprint density at radius 3 is 2.95 bits per heavy atom. The van der Waals surface area contributed by atoms with E-state index in [1.807, 2.05) is 0 Å². The van der Waals surface area contributed by atoms with E-state index >= 15 is 0 Å². The first-order chi connectivity index (χ1) is 9.99. The first-order valence-corrected chi connectivity index (χ1v) is 8.15. The van der Waals surface area contributed by atoms with E-state index in [2.05, 4.69) is 5.16 Å². The van der Waals surface area contributed by atoms with Gasteiger partial charge in [0, 0.05) is 11.9 Å². The summed E-state index contributed by atoms with van der Waals surface area (Å²) in [7, 11) is -3.74. The largest absolute Gasteiger partial charge is 0.480 e. The molecule has 3 rings (SSSR count). The summed E-state index contributed by atoms with van der Waals surface area (Å²) in [6.07, 6.45) is 0.893. The molecule has 1 saturated heterocycles. The van der Waals surface area contributed by atoms with Gasteiger partial charge in [-0.2, -0.15) is 4.31 Å². The number of aromatic nitrogens is 1. The number of aliphatic carboxylic acids is 1. The first-order valence-electron chi connectivity index (χ1n) is 6.54. The third-order valence-corrected chi connectivity index (χ3v) is 5.41. The topological polar surface area (TPSA) is 101 Å². The van der Waals surface area contributed by atoms with Gasteiger partial charge in [-0.3, -0.25) is 4.79 Å². The van der Waals surface area contributed by atoms with Gasteiger partial charge in [0.2, 0.25) is 10.0 Å². The second-order valence-electron chi connectivity index (χ2n) is 4.99. The van der Waals surface area contributed by atoms with Crippen LogP contribution < -0.4 is 0 Å².